The van der Waals surface area contributed by atoms with Gasteiger partial charge >= 0.3 is 12.3 Å². The predicted molar refractivity (Wildman–Crippen MR) is 68.8 cm³/mol. The van der Waals surface area contributed by atoms with Crippen molar-refractivity contribution in [1.29, 1.82) is 0 Å². The van der Waals surface area contributed by atoms with Gasteiger partial charge in [0.25, 0.3) is 6.43 Å². The highest BCUT2D eigenvalue weighted by Crippen LogP contribution is 2.32. The number of rotatable bonds is 6. The zero-order valence-electron chi connectivity index (χ0n) is 11.2. The van der Waals surface area contributed by atoms with Crippen LogP contribution < -0.4 is 4.74 Å². The summed E-state index contributed by atoms with van der Waals surface area (Å²) in [6.45, 7) is 1.60. The predicted octanol–water partition coefficient (Wildman–Crippen LogP) is 3.92. The molecule has 0 radical (unpaired) electrons. The van der Waals surface area contributed by atoms with Crippen LogP contribution in [0, 0.1) is 0 Å². The van der Waals surface area contributed by atoms with Crippen molar-refractivity contribution in [3.63, 3.8) is 0 Å². The Kier molecular flexibility index (Phi) is 6.51. The van der Waals surface area contributed by atoms with E-state index in [4.69, 9.17) is 0 Å². The monoisotopic (exact) mass is 391 g/mol. The van der Waals surface area contributed by atoms with E-state index < -0.39 is 36.8 Å². The van der Waals surface area contributed by atoms with Crippen LogP contribution in [0.1, 0.15) is 30.2 Å². The maximum atomic E-state index is 12.8. The lowest BCUT2D eigenvalue weighted by Crippen LogP contribution is -2.20. The number of carbonyl (C=O) groups excluding carboxylic acids is 1. The van der Waals surface area contributed by atoms with Crippen LogP contribution in [-0.4, -0.2) is 23.9 Å². The molecule has 0 bridgehead atoms. The van der Waals surface area contributed by atoms with Crippen molar-refractivity contribution in [1.82, 2.24) is 4.98 Å². The van der Waals surface area contributed by atoms with Crippen molar-refractivity contribution < 1.29 is 36.2 Å². The minimum absolute atomic E-state index is 0.0567. The molecule has 0 aromatic carbocycles. The third-order valence-electron chi connectivity index (χ3n) is 2.41. The Morgan fingerprint density at radius 2 is 2.05 bits per heavy atom. The van der Waals surface area contributed by atoms with Crippen LogP contribution in [0.15, 0.2) is 6.07 Å². The van der Waals surface area contributed by atoms with Crippen molar-refractivity contribution in [2.45, 2.75) is 31.5 Å². The highest BCUT2D eigenvalue weighted by molar-refractivity contribution is 9.08. The van der Waals surface area contributed by atoms with Gasteiger partial charge in [-0.25, -0.2) is 13.8 Å². The van der Waals surface area contributed by atoms with E-state index in [2.05, 4.69) is 30.4 Å². The van der Waals surface area contributed by atoms with E-state index in [0.29, 0.717) is 0 Å². The maximum absolute atomic E-state index is 12.8. The molecular weight excluding hydrogens is 381 g/mol. The number of alkyl halides is 6. The molecule has 0 saturated carbocycles. The number of carbonyl (C=O) groups is 1. The van der Waals surface area contributed by atoms with Gasteiger partial charge in [-0.15, -0.1) is 13.2 Å². The minimum Gasteiger partial charge on any atom is -0.466 e. The average molecular weight is 392 g/mol. The second-order valence-corrected chi connectivity index (χ2v) is 4.51. The van der Waals surface area contributed by atoms with Crippen LogP contribution in [0.25, 0.3) is 0 Å². The molecule has 10 heteroatoms. The summed E-state index contributed by atoms with van der Waals surface area (Å²) < 4.78 is 70.9. The van der Waals surface area contributed by atoms with E-state index in [-0.39, 0.29) is 23.1 Å². The summed E-state index contributed by atoms with van der Waals surface area (Å²) in [5.74, 6) is -1.77. The molecule has 0 atom stereocenters. The second kappa shape index (κ2) is 7.70. The molecule has 4 nitrogen and oxygen atoms in total. The lowest BCUT2D eigenvalue weighted by atomic mass is 10.1. The van der Waals surface area contributed by atoms with Crippen LogP contribution >= 0.6 is 15.9 Å². The van der Waals surface area contributed by atoms with Gasteiger partial charge in [0.15, 0.2) is 0 Å². The summed E-state index contributed by atoms with van der Waals surface area (Å²) in [5, 5.41) is -0.163. The fourth-order valence-corrected chi connectivity index (χ4v) is 2.19. The quantitative estimate of drug-likeness (QED) is 0.419. The van der Waals surface area contributed by atoms with E-state index in [1.807, 2.05) is 0 Å². The van der Waals surface area contributed by atoms with Gasteiger partial charge in [-0.3, -0.25) is 4.79 Å². The van der Waals surface area contributed by atoms with Crippen molar-refractivity contribution in [2.24, 2.45) is 0 Å². The van der Waals surface area contributed by atoms with Gasteiger partial charge in [0.05, 0.1) is 13.0 Å². The number of ether oxygens (including phenoxy) is 2. The molecule has 0 fully saturated rings. The van der Waals surface area contributed by atoms with Gasteiger partial charge in [-0.05, 0) is 18.6 Å². The van der Waals surface area contributed by atoms with E-state index in [9.17, 15) is 26.7 Å². The zero-order valence-corrected chi connectivity index (χ0v) is 12.8. The van der Waals surface area contributed by atoms with Crippen LogP contribution in [0.4, 0.5) is 22.0 Å². The molecule has 0 aliphatic rings. The summed E-state index contributed by atoms with van der Waals surface area (Å²) in [4.78, 5) is 14.6. The Hall–Kier alpha value is -1.45. The number of aromatic nitrogens is 1. The Morgan fingerprint density at radius 1 is 1.41 bits per heavy atom. The number of halogens is 6. The summed E-state index contributed by atoms with van der Waals surface area (Å²) >= 11 is 2.93. The molecule has 22 heavy (non-hydrogen) atoms. The van der Waals surface area contributed by atoms with Crippen LogP contribution in [0.3, 0.4) is 0 Å². The highest BCUT2D eigenvalue weighted by Gasteiger charge is 2.34. The first kappa shape index (κ1) is 18.6. The van der Waals surface area contributed by atoms with E-state index >= 15 is 0 Å². The van der Waals surface area contributed by atoms with E-state index in [1.165, 1.54) is 0 Å². The Morgan fingerprint density at radius 3 is 2.50 bits per heavy atom. The number of hydrogen-bond acceptors (Lipinski definition) is 4. The SMILES string of the molecule is CCOC(=O)Cc1cc(C(F)F)nc(OC(F)(F)F)c1CBr. The number of nitrogens with zero attached hydrogens (tertiary/aromatic N) is 1. The Bertz CT molecular complexity index is 536. The molecule has 0 amide bonds. The van der Waals surface area contributed by atoms with Crippen LogP contribution in [-0.2, 0) is 21.3 Å². The molecule has 1 aromatic heterocycles. The standard InChI is InChI=1S/C12H11BrF5NO3/c1-2-21-9(20)4-6-3-8(10(14)15)19-11(7(6)5-13)22-12(16,17)18/h3,10H,2,4-5H2,1H3. The summed E-state index contributed by atoms with van der Waals surface area (Å²) in [6, 6.07) is 0.863. The summed E-state index contributed by atoms with van der Waals surface area (Å²) in [7, 11) is 0. The van der Waals surface area contributed by atoms with Gasteiger partial charge in [-0.2, -0.15) is 0 Å². The first-order valence-electron chi connectivity index (χ1n) is 5.96. The third kappa shape index (κ3) is 5.39. The molecule has 0 spiro atoms. The molecule has 1 heterocycles. The Balaban J connectivity index is 3.30. The smallest absolute Gasteiger partial charge is 0.466 e. The van der Waals surface area contributed by atoms with E-state index in [1.54, 1.807) is 6.92 Å². The van der Waals surface area contributed by atoms with Crippen LogP contribution in [0.5, 0.6) is 5.88 Å². The lowest BCUT2D eigenvalue weighted by molar-refractivity contribution is -0.276. The van der Waals surface area contributed by atoms with Crippen molar-refractivity contribution in [3.8, 4) is 5.88 Å². The fraction of sp³-hybridized carbons (Fsp3) is 0.500. The molecule has 1 rings (SSSR count). The highest BCUT2D eigenvalue weighted by atomic mass is 79.9. The zero-order chi connectivity index (χ0) is 16.9. The van der Waals surface area contributed by atoms with Gasteiger partial charge in [-0.1, -0.05) is 15.9 Å². The van der Waals surface area contributed by atoms with E-state index in [0.717, 1.165) is 6.07 Å². The topological polar surface area (TPSA) is 48.4 Å². The number of hydrogen-bond donors (Lipinski definition) is 0. The molecule has 0 N–H and O–H groups in total. The Labute approximate surface area is 130 Å². The molecule has 0 aliphatic carbocycles. The maximum Gasteiger partial charge on any atom is 0.574 e. The van der Waals surface area contributed by atoms with Crippen molar-refractivity contribution >= 4 is 21.9 Å². The molecular formula is C12H11BrF5NO3. The number of pyridine rings is 1. The largest absolute Gasteiger partial charge is 0.574 e. The van der Waals surface area contributed by atoms with Gasteiger partial charge in [0.1, 0.15) is 5.69 Å². The van der Waals surface area contributed by atoms with Gasteiger partial charge in [0, 0.05) is 10.9 Å². The van der Waals surface area contributed by atoms with Crippen LogP contribution in [0.2, 0.25) is 0 Å². The summed E-state index contributed by atoms with van der Waals surface area (Å²) in [6.07, 6.45) is -8.67. The lowest BCUT2D eigenvalue weighted by Gasteiger charge is -2.16. The van der Waals surface area contributed by atoms with Crippen molar-refractivity contribution in [3.05, 3.63) is 22.9 Å². The molecule has 0 saturated heterocycles. The molecule has 0 aliphatic heterocycles. The number of esters is 1. The molecule has 124 valence electrons. The molecule has 1 aromatic rings. The third-order valence-corrected chi connectivity index (χ3v) is 2.97. The van der Waals surface area contributed by atoms with Gasteiger partial charge < -0.3 is 9.47 Å². The normalized spacial score (nSPS) is 11.6. The van der Waals surface area contributed by atoms with Gasteiger partial charge in [0.2, 0.25) is 5.88 Å². The molecule has 0 unspecified atom stereocenters. The first-order valence-corrected chi connectivity index (χ1v) is 7.08. The summed E-state index contributed by atoms with van der Waals surface area (Å²) in [5.41, 5.74) is -1.13. The van der Waals surface area contributed by atoms with Crippen molar-refractivity contribution in [2.75, 3.05) is 6.61 Å². The first-order chi connectivity index (χ1) is 10.2. The average Bonchev–Trinajstić information content (AvgIpc) is 2.36. The second-order valence-electron chi connectivity index (χ2n) is 3.95. The minimum atomic E-state index is -5.09. The fourth-order valence-electron chi connectivity index (χ4n) is 1.59.